The highest BCUT2D eigenvalue weighted by Gasteiger charge is 2.39. The van der Waals surface area contributed by atoms with E-state index in [9.17, 15) is 19.5 Å². The smallest absolute Gasteiger partial charge is 0.408 e. The van der Waals surface area contributed by atoms with Gasteiger partial charge in [-0.2, -0.15) is 0 Å². The average Bonchev–Trinajstić information content (AvgIpc) is 2.88. The van der Waals surface area contributed by atoms with Crippen LogP contribution in [0.2, 0.25) is 0 Å². The summed E-state index contributed by atoms with van der Waals surface area (Å²) in [6, 6.07) is 10.0. The van der Waals surface area contributed by atoms with Crippen LogP contribution in [-0.2, 0) is 20.7 Å². The second-order valence-corrected chi connectivity index (χ2v) is 12.0. The van der Waals surface area contributed by atoms with E-state index in [4.69, 9.17) is 4.74 Å². The third kappa shape index (κ3) is 10.1. The number of aromatic hydroxyl groups is 1. The van der Waals surface area contributed by atoms with Gasteiger partial charge >= 0.3 is 6.09 Å². The number of phenolic OH excluding ortho intramolecular Hbond substituents is 1. The van der Waals surface area contributed by atoms with E-state index in [0.29, 0.717) is 12.0 Å². The van der Waals surface area contributed by atoms with Crippen LogP contribution in [0.4, 0.5) is 4.79 Å². The summed E-state index contributed by atoms with van der Waals surface area (Å²) >= 11 is 0. The summed E-state index contributed by atoms with van der Waals surface area (Å²) in [6.07, 6.45) is 1.76. The molecular weight excluding hydrogens is 518 g/mol. The normalized spacial score (nSPS) is 14.4. The third-order valence-corrected chi connectivity index (χ3v) is 7.17. The van der Waals surface area contributed by atoms with Crippen LogP contribution in [-0.4, -0.2) is 51.6 Å². The van der Waals surface area contributed by atoms with E-state index in [-0.39, 0.29) is 36.1 Å². The Hall–Kier alpha value is -3.55. The van der Waals surface area contributed by atoms with Crippen LogP contribution >= 0.6 is 0 Å². The second-order valence-electron chi connectivity index (χ2n) is 12.0. The molecule has 0 spiro atoms. The molecule has 2 aromatic rings. The van der Waals surface area contributed by atoms with E-state index < -0.39 is 23.8 Å². The number of alkyl carbamates (subject to hydrolysis) is 1. The molecule has 0 saturated heterocycles. The van der Waals surface area contributed by atoms with E-state index in [2.05, 4.69) is 17.6 Å². The van der Waals surface area contributed by atoms with Crippen molar-refractivity contribution in [3.63, 3.8) is 0 Å². The first-order valence-electron chi connectivity index (χ1n) is 14.6. The van der Waals surface area contributed by atoms with Crippen LogP contribution in [0.15, 0.2) is 42.5 Å². The van der Waals surface area contributed by atoms with Crippen molar-refractivity contribution in [3.8, 4) is 5.75 Å². The Morgan fingerprint density at radius 1 is 0.951 bits per heavy atom. The first kappa shape index (κ1) is 33.7. The fraction of sp³-hybridized carbons (Fsp3) is 0.545. The van der Waals surface area contributed by atoms with Gasteiger partial charge in [0.2, 0.25) is 11.8 Å². The monoisotopic (exact) mass is 567 g/mol. The predicted octanol–water partition coefficient (Wildman–Crippen LogP) is 6.12. The minimum Gasteiger partial charge on any atom is -0.508 e. The molecule has 4 atom stereocenters. The first-order valence-corrected chi connectivity index (χ1v) is 14.6. The summed E-state index contributed by atoms with van der Waals surface area (Å²) in [6.45, 7) is 17.2. The van der Waals surface area contributed by atoms with Crippen molar-refractivity contribution in [3.05, 3.63) is 64.7 Å². The van der Waals surface area contributed by atoms with Crippen LogP contribution in [0.3, 0.4) is 0 Å². The van der Waals surface area contributed by atoms with Gasteiger partial charge in [0.05, 0.1) is 0 Å². The van der Waals surface area contributed by atoms with E-state index >= 15 is 0 Å². The Morgan fingerprint density at radius 3 is 2.12 bits per heavy atom. The molecule has 226 valence electrons. The number of carbonyl (C=O) groups excluding carboxylic acids is 3. The maximum absolute atomic E-state index is 14.5. The number of nitrogens with one attached hydrogen (secondary N) is 2. The van der Waals surface area contributed by atoms with Crippen LogP contribution in [0, 0.1) is 13.8 Å². The fourth-order valence-corrected chi connectivity index (χ4v) is 4.69. The Labute approximate surface area is 245 Å². The van der Waals surface area contributed by atoms with Crippen LogP contribution < -0.4 is 10.6 Å². The molecular formula is C33H49N3O5. The number of phenols is 1. The number of ether oxygens (including phenoxy) is 1. The summed E-state index contributed by atoms with van der Waals surface area (Å²) in [5.74, 6) is -0.547. The van der Waals surface area contributed by atoms with E-state index in [0.717, 1.165) is 29.5 Å². The molecule has 0 saturated carbocycles. The summed E-state index contributed by atoms with van der Waals surface area (Å²) in [5, 5.41) is 15.7. The van der Waals surface area contributed by atoms with Gasteiger partial charge in [-0.05, 0) is 95.7 Å². The van der Waals surface area contributed by atoms with E-state index in [1.54, 1.807) is 37.8 Å². The van der Waals surface area contributed by atoms with Crippen molar-refractivity contribution in [1.82, 2.24) is 15.5 Å². The van der Waals surface area contributed by atoms with Gasteiger partial charge in [-0.25, -0.2) is 4.79 Å². The first-order chi connectivity index (χ1) is 19.2. The highest BCUT2D eigenvalue weighted by atomic mass is 16.6. The number of rotatable bonds is 12. The van der Waals surface area contributed by atoms with Crippen molar-refractivity contribution < 1.29 is 24.2 Å². The molecule has 0 bridgehead atoms. The molecule has 2 rings (SSSR count). The molecule has 0 heterocycles. The van der Waals surface area contributed by atoms with Crippen LogP contribution in [0.25, 0.3) is 0 Å². The summed E-state index contributed by atoms with van der Waals surface area (Å²) in [4.78, 5) is 43.0. The Morgan fingerprint density at radius 2 is 1.59 bits per heavy atom. The zero-order valence-electron chi connectivity index (χ0n) is 26.2. The second kappa shape index (κ2) is 14.9. The number of aryl methyl sites for hydroxylation is 2. The summed E-state index contributed by atoms with van der Waals surface area (Å²) in [5.41, 5.74) is 2.80. The van der Waals surface area contributed by atoms with Crippen molar-refractivity contribution >= 4 is 17.9 Å². The third-order valence-electron chi connectivity index (χ3n) is 7.17. The minimum absolute atomic E-state index is 0.0666. The quantitative estimate of drug-likeness (QED) is 0.286. The van der Waals surface area contributed by atoms with E-state index in [1.807, 2.05) is 52.8 Å². The van der Waals surface area contributed by atoms with Crippen molar-refractivity contribution in [2.24, 2.45) is 0 Å². The van der Waals surface area contributed by atoms with Gasteiger partial charge in [-0.1, -0.05) is 50.6 Å². The highest BCUT2D eigenvalue weighted by Crippen LogP contribution is 2.29. The lowest BCUT2D eigenvalue weighted by Crippen LogP contribution is -2.56. The van der Waals surface area contributed by atoms with Crippen LogP contribution in [0.5, 0.6) is 5.75 Å². The number of carbonyl (C=O) groups is 3. The summed E-state index contributed by atoms with van der Waals surface area (Å²) < 4.78 is 5.50. The molecule has 2 aromatic carbocycles. The molecule has 0 fully saturated rings. The number of amides is 3. The highest BCUT2D eigenvalue weighted by molar-refractivity contribution is 5.92. The lowest BCUT2D eigenvalue weighted by atomic mass is 9.95. The van der Waals surface area contributed by atoms with Gasteiger partial charge in [0.1, 0.15) is 23.4 Å². The fourth-order valence-electron chi connectivity index (χ4n) is 4.69. The lowest BCUT2D eigenvalue weighted by molar-refractivity contribution is -0.145. The maximum atomic E-state index is 14.5. The van der Waals surface area contributed by atoms with Crippen molar-refractivity contribution in [1.29, 1.82) is 0 Å². The number of hydrogen-bond acceptors (Lipinski definition) is 5. The average molecular weight is 568 g/mol. The number of benzene rings is 2. The molecule has 8 nitrogen and oxygen atoms in total. The zero-order valence-corrected chi connectivity index (χ0v) is 26.2. The largest absolute Gasteiger partial charge is 0.508 e. The lowest BCUT2D eigenvalue weighted by Gasteiger charge is -2.39. The van der Waals surface area contributed by atoms with Crippen LogP contribution in [0.1, 0.15) is 96.0 Å². The molecule has 4 unspecified atom stereocenters. The van der Waals surface area contributed by atoms with Gasteiger partial charge in [0.15, 0.2) is 0 Å². The molecule has 0 aliphatic carbocycles. The van der Waals surface area contributed by atoms with Gasteiger partial charge in [-0.15, -0.1) is 0 Å². The molecule has 0 aliphatic heterocycles. The zero-order chi connectivity index (χ0) is 30.9. The van der Waals surface area contributed by atoms with E-state index in [1.165, 1.54) is 12.1 Å². The number of hydrogen-bond donors (Lipinski definition) is 3. The molecule has 3 N–H and O–H groups in total. The minimum atomic E-state index is -1.02. The molecule has 0 aliphatic rings. The molecule has 8 heteroatoms. The molecule has 0 aromatic heterocycles. The maximum Gasteiger partial charge on any atom is 0.408 e. The Balaban J connectivity index is 2.62. The predicted molar refractivity (Wildman–Crippen MR) is 163 cm³/mol. The summed E-state index contributed by atoms with van der Waals surface area (Å²) in [7, 11) is 0. The number of nitrogens with zero attached hydrogens (tertiary/aromatic N) is 1. The molecule has 0 radical (unpaired) electrons. The van der Waals surface area contributed by atoms with Gasteiger partial charge in [-0.3, -0.25) is 9.59 Å². The Bertz CT molecular complexity index is 1170. The molecule has 41 heavy (non-hydrogen) atoms. The Kier molecular flexibility index (Phi) is 12.2. The van der Waals surface area contributed by atoms with Gasteiger partial charge in [0, 0.05) is 18.5 Å². The van der Waals surface area contributed by atoms with Crippen molar-refractivity contribution in [2.45, 2.75) is 118 Å². The molecule has 3 amide bonds. The van der Waals surface area contributed by atoms with Crippen molar-refractivity contribution in [2.75, 3.05) is 0 Å². The van der Waals surface area contributed by atoms with Gasteiger partial charge < -0.3 is 25.4 Å². The standard InChI is InChI=1S/C33H49N3O5/c1-10-12-23(5)34-30(38)29(26-16-13-21(3)22(4)19-26)36(24(6)11-2)31(39)28(35-32(40)41-33(7,8)9)20-25-14-17-27(37)18-15-25/h13-19,23-24,28-29,37H,10-12,20H2,1-9H3,(H,34,38)(H,35,40). The van der Waals surface area contributed by atoms with Gasteiger partial charge in [0.25, 0.3) is 0 Å². The topological polar surface area (TPSA) is 108 Å². The SMILES string of the molecule is CCCC(C)NC(=O)C(c1ccc(C)c(C)c1)N(C(=O)C(Cc1ccc(O)cc1)NC(=O)OC(C)(C)C)C(C)CC.